The van der Waals surface area contributed by atoms with Gasteiger partial charge in [-0.25, -0.2) is 0 Å². The predicted molar refractivity (Wildman–Crippen MR) is 59.0 cm³/mol. The van der Waals surface area contributed by atoms with E-state index < -0.39 is 0 Å². The first-order chi connectivity index (χ1) is 6.25. The van der Waals surface area contributed by atoms with Gasteiger partial charge in [-0.3, -0.25) is 0 Å². The zero-order chi connectivity index (χ0) is 9.68. The van der Waals surface area contributed by atoms with Crippen molar-refractivity contribution < 1.29 is 0 Å². The predicted octanol–water partition coefficient (Wildman–Crippen LogP) is 3.30. The van der Waals surface area contributed by atoms with E-state index in [0.717, 1.165) is 12.0 Å². The molecule has 0 amide bonds. The Morgan fingerprint density at radius 1 is 1.31 bits per heavy atom. The highest BCUT2D eigenvalue weighted by Crippen LogP contribution is 2.23. The third-order valence-corrected chi connectivity index (χ3v) is 3.23. The summed E-state index contributed by atoms with van der Waals surface area (Å²) in [5.41, 5.74) is 0. The van der Waals surface area contributed by atoms with Gasteiger partial charge >= 0.3 is 0 Å². The van der Waals surface area contributed by atoms with Crippen LogP contribution in [0.15, 0.2) is 0 Å². The van der Waals surface area contributed by atoms with E-state index in [-0.39, 0.29) is 0 Å². The molecule has 0 aromatic heterocycles. The standard InChI is InChI=1S/C12H25N/c1-4-5-9-13-10-7-6-8-12(13)11(2)3/h11-12H,4-10H2,1-3H3. The number of piperidine rings is 1. The van der Waals surface area contributed by atoms with E-state index in [1.54, 1.807) is 0 Å². The summed E-state index contributed by atoms with van der Waals surface area (Å²) < 4.78 is 0. The third kappa shape index (κ3) is 3.30. The average Bonchev–Trinajstić information content (AvgIpc) is 2.15. The van der Waals surface area contributed by atoms with Crippen LogP contribution in [0.2, 0.25) is 0 Å². The first-order valence-corrected chi connectivity index (χ1v) is 5.99. The Hall–Kier alpha value is -0.0400. The first kappa shape index (κ1) is 11.0. The number of rotatable bonds is 4. The van der Waals surface area contributed by atoms with E-state index >= 15 is 0 Å². The highest BCUT2D eigenvalue weighted by atomic mass is 15.2. The summed E-state index contributed by atoms with van der Waals surface area (Å²) in [6, 6.07) is 0.875. The summed E-state index contributed by atoms with van der Waals surface area (Å²) in [6.45, 7) is 9.71. The Bertz CT molecular complexity index is 131. The van der Waals surface area contributed by atoms with Crippen LogP contribution >= 0.6 is 0 Å². The van der Waals surface area contributed by atoms with E-state index in [1.165, 1.54) is 45.2 Å². The van der Waals surface area contributed by atoms with Crippen molar-refractivity contribution in [2.45, 2.75) is 58.9 Å². The maximum absolute atomic E-state index is 2.72. The lowest BCUT2D eigenvalue weighted by Gasteiger charge is -2.38. The summed E-state index contributed by atoms with van der Waals surface area (Å²) >= 11 is 0. The van der Waals surface area contributed by atoms with Gasteiger partial charge in [-0.15, -0.1) is 0 Å². The van der Waals surface area contributed by atoms with Gasteiger partial charge in [0.2, 0.25) is 0 Å². The summed E-state index contributed by atoms with van der Waals surface area (Å²) in [5.74, 6) is 0.845. The molecule has 78 valence electrons. The molecule has 1 aliphatic heterocycles. The van der Waals surface area contributed by atoms with E-state index in [1.807, 2.05) is 0 Å². The molecular formula is C12H25N. The van der Waals surface area contributed by atoms with Gasteiger partial charge in [0, 0.05) is 6.04 Å². The number of hydrogen-bond acceptors (Lipinski definition) is 1. The number of likely N-dealkylation sites (tertiary alicyclic amines) is 1. The molecular weight excluding hydrogens is 158 g/mol. The maximum atomic E-state index is 2.72. The molecule has 1 nitrogen and oxygen atoms in total. The lowest BCUT2D eigenvalue weighted by molar-refractivity contribution is 0.110. The van der Waals surface area contributed by atoms with Gasteiger partial charge in [0.15, 0.2) is 0 Å². The van der Waals surface area contributed by atoms with Gasteiger partial charge in [0.1, 0.15) is 0 Å². The SMILES string of the molecule is CCCCN1CCCCC1C(C)C. The van der Waals surface area contributed by atoms with Crippen molar-refractivity contribution >= 4 is 0 Å². The van der Waals surface area contributed by atoms with Crippen LogP contribution < -0.4 is 0 Å². The van der Waals surface area contributed by atoms with Crippen molar-refractivity contribution in [2.75, 3.05) is 13.1 Å². The molecule has 0 spiro atoms. The number of hydrogen-bond donors (Lipinski definition) is 0. The van der Waals surface area contributed by atoms with Crippen molar-refractivity contribution in [1.82, 2.24) is 4.90 Å². The smallest absolute Gasteiger partial charge is 0.0118 e. The normalized spacial score (nSPS) is 25.4. The Balaban J connectivity index is 2.37. The summed E-state index contributed by atoms with van der Waals surface area (Å²) in [5, 5.41) is 0. The Labute approximate surface area is 83.5 Å². The van der Waals surface area contributed by atoms with Crippen LogP contribution in [0, 0.1) is 5.92 Å². The summed E-state index contributed by atoms with van der Waals surface area (Å²) in [6.07, 6.45) is 7.02. The van der Waals surface area contributed by atoms with Gasteiger partial charge in [0.05, 0.1) is 0 Å². The second-order valence-electron chi connectivity index (χ2n) is 4.70. The Kier molecular flexibility index (Phi) is 4.79. The van der Waals surface area contributed by atoms with E-state index in [4.69, 9.17) is 0 Å². The van der Waals surface area contributed by atoms with Gasteiger partial charge in [0.25, 0.3) is 0 Å². The molecule has 0 N–H and O–H groups in total. The van der Waals surface area contributed by atoms with Crippen molar-refractivity contribution in [3.8, 4) is 0 Å². The zero-order valence-corrected chi connectivity index (χ0v) is 9.55. The van der Waals surface area contributed by atoms with Crippen molar-refractivity contribution in [1.29, 1.82) is 0 Å². The van der Waals surface area contributed by atoms with Crippen LogP contribution in [0.5, 0.6) is 0 Å². The van der Waals surface area contributed by atoms with E-state index in [2.05, 4.69) is 25.7 Å². The van der Waals surface area contributed by atoms with Crippen LogP contribution in [0.25, 0.3) is 0 Å². The van der Waals surface area contributed by atoms with Crippen LogP contribution in [-0.4, -0.2) is 24.0 Å². The molecule has 0 saturated carbocycles. The molecule has 1 saturated heterocycles. The van der Waals surface area contributed by atoms with E-state index in [0.29, 0.717) is 0 Å². The monoisotopic (exact) mass is 183 g/mol. The lowest BCUT2D eigenvalue weighted by atomic mass is 9.92. The molecule has 1 unspecified atom stereocenters. The van der Waals surface area contributed by atoms with Gasteiger partial charge < -0.3 is 4.90 Å². The molecule has 1 rings (SSSR count). The zero-order valence-electron chi connectivity index (χ0n) is 9.55. The quantitative estimate of drug-likeness (QED) is 0.646. The second kappa shape index (κ2) is 5.64. The van der Waals surface area contributed by atoms with Crippen LogP contribution in [-0.2, 0) is 0 Å². The molecule has 0 aromatic rings. The van der Waals surface area contributed by atoms with Gasteiger partial charge in [-0.1, -0.05) is 33.6 Å². The molecule has 1 fully saturated rings. The minimum atomic E-state index is 0.845. The fourth-order valence-corrected chi connectivity index (χ4v) is 2.41. The van der Waals surface area contributed by atoms with Crippen LogP contribution in [0.3, 0.4) is 0 Å². The molecule has 0 bridgehead atoms. The number of nitrogens with zero attached hydrogens (tertiary/aromatic N) is 1. The highest BCUT2D eigenvalue weighted by Gasteiger charge is 2.23. The summed E-state index contributed by atoms with van der Waals surface area (Å²) in [7, 11) is 0. The van der Waals surface area contributed by atoms with Crippen LogP contribution in [0.1, 0.15) is 52.9 Å². The molecule has 13 heavy (non-hydrogen) atoms. The topological polar surface area (TPSA) is 3.24 Å². The van der Waals surface area contributed by atoms with Crippen molar-refractivity contribution in [3.05, 3.63) is 0 Å². The molecule has 0 aliphatic carbocycles. The molecule has 0 aromatic carbocycles. The largest absolute Gasteiger partial charge is 0.300 e. The first-order valence-electron chi connectivity index (χ1n) is 5.99. The highest BCUT2D eigenvalue weighted by molar-refractivity contribution is 4.78. The molecule has 1 aliphatic rings. The lowest BCUT2D eigenvalue weighted by Crippen LogP contribution is -2.43. The number of unbranched alkanes of at least 4 members (excludes halogenated alkanes) is 1. The van der Waals surface area contributed by atoms with Gasteiger partial charge in [-0.05, 0) is 38.3 Å². The Morgan fingerprint density at radius 3 is 2.69 bits per heavy atom. The summed E-state index contributed by atoms with van der Waals surface area (Å²) in [4.78, 5) is 2.72. The fourth-order valence-electron chi connectivity index (χ4n) is 2.41. The maximum Gasteiger partial charge on any atom is 0.0118 e. The van der Waals surface area contributed by atoms with Crippen LogP contribution in [0.4, 0.5) is 0 Å². The third-order valence-electron chi connectivity index (χ3n) is 3.23. The molecule has 1 heterocycles. The minimum Gasteiger partial charge on any atom is -0.300 e. The fraction of sp³-hybridized carbons (Fsp3) is 1.00. The Morgan fingerprint density at radius 2 is 2.08 bits per heavy atom. The van der Waals surface area contributed by atoms with Crippen molar-refractivity contribution in [2.24, 2.45) is 5.92 Å². The second-order valence-corrected chi connectivity index (χ2v) is 4.70. The molecule has 1 atom stereocenters. The molecule has 0 radical (unpaired) electrons. The van der Waals surface area contributed by atoms with E-state index in [9.17, 15) is 0 Å². The van der Waals surface area contributed by atoms with Gasteiger partial charge in [-0.2, -0.15) is 0 Å². The molecule has 1 heteroatoms. The minimum absolute atomic E-state index is 0.845. The average molecular weight is 183 g/mol. The van der Waals surface area contributed by atoms with Crippen molar-refractivity contribution in [3.63, 3.8) is 0 Å².